The number of carbonyl (C=O) groups excluding carboxylic acids is 1. The third-order valence-corrected chi connectivity index (χ3v) is 3.50. The molecule has 0 spiro atoms. The van der Waals surface area contributed by atoms with E-state index in [9.17, 15) is 4.79 Å². The van der Waals surface area contributed by atoms with Gasteiger partial charge in [0.05, 0.1) is 13.2 Å². The van der Waals surface area contributed by atoms with E-state index in [4.69, 9.17) is 4.74 Å². The fourth-order valence-electron chi connectivity index (χ4n) is 2.55. The zero-order chi connectivity index (χ0) is 9.80. The van der Waals surface area contributed by atoms with Crippen molar-refractivity contribution in [1.82, 2.24) is 4.90 Å². The first-order valence-electron chi connectivity index (χ1n) is 5.67. The van der Waals surface area contributed by atoms with Gasteiger partial charge in [0.2, 0.25) is 0 Å². The molecular formula is C11H19NO2. The fraction of sp³-hybridized carbons (Fsp3) is 0.909. The topological polar surface area (TPSA) is 29.5 Å². The zero-order valence-electron chi connectivity index (χ0n) is 8.65. The Hall–Kier alpha value is -0.410. The monoisotopic (exact) mass is 197 g/mol. The Morgan fingerprint density at radius 3 is 2.29 bits per heavy atom. The highest BCUT2D eigenvalue weighted by atomic mass is 16.5. The second-order valence-corrected chi connectivity index (χ2v) is 4.35. The maximum atomic E-state index is 10.6. The molecule has 1 saturated heterocycles. The molecule has 0 unspecified atom stereocenters. The van der Waals surface area contributed by atoms with Gasteiger partial charge in [0.25, 0.3) is 0 Å². The average Bonchev–Trinajstić information content (AvgIpc) is 2.30. The van der Waals surface area contributed by atoms with E-state index in [0.717, 1.165) is 51.5 Å². The molecule has 0 radical (unpaired) electrons. The summed E-state index contributed by atoms with van der Waals surface area (Å²) in [5.74, 6) is 0.340. The molecule has 0 aromatic rings. The minimum atomic E-state index is 0.340. The van der Waals surface area contributed by atoms with Gasteiger partial charge in [-0.1, -0.05) is 0 Å². The summed E-state index contributed by atoms with van der Waals surface area (Å²) in [6.45, 7) is 3.92. The van der Waals surface area contributed by atoms with Crippen LogP contribution in [0.3, 0.4) is 0 Å². The van der Waals surface area contributed by atoms with Crippen molar-refractivity contribution in [2.45, 2.75) is 31.7 Å². The minimum absolute atomic E-state index is 0.340. The fourth-order valence-corrected chi connectivity index (χ4v) is 2.55. The SMILES string of the molecule is O=CC1CCC(N2CCOCC2)CC1. The van der Waals surface area contributed by atoms with Gasteiger partial charge in [0.1, 0.15) is 6.29 Å². The van der Waals surface area contributed by atoms with Crippen molar-refractivity contribution in [1.29, 1.82) is 0 Å². The normalized spacial score (nSPS) is 35.4. The average molecular weight is 197 g/mol. The van der Waals surface area contributed by atoms with Crippen LogP contribution in [0.2, 0.25) is 0 Å². The van der Waals surface area contributed by atoms with Crippen molar-refractivity contribution in [3.05, 3.63) is 0 Å². The summed E-state index contributed by atoms with van der Waals surface area (Å²) < 4.78 is 5.33. The molecule has 2 fully saturated rings. The van der Waals surface area contributed by atoms with E-state index >= 15 is 0 Å². The highest BCUT2D eigenvalue weighted by molar-refractivity contribution is 5.53. The van der Waals surface area contributed by atoms with Crippen LogP contribution in [0, 0.1) is 5.92 Å². The molecule has 0 aromatic heterocycles. The molecule has 80 valence electrons. The van der Waals surface area contributed by atoms with E-state index in [2.05, 4.69) is 4.90 Å². The number of carbonyl (C=O) groups is 1. The molecule has 3 heteroatoms. The van der Waals surface area contributed by atoms with Crippen LogP contribution in [0.5, 0.6) is 0 Å². The molecular weight excluding hydrogens is 178 g/mol. The van der Waals surface area contributed by atoms with Gasteiger partial charge >= 0.3 is 0 Å². The summed E-state index contributed by atoms with van der Waals surface area (Å²) >= 11 is 0. The van der Waals surface area contributed by atoms with E-state index in [-0.39, 0.29) is 0 Å². The van der Waals surface area contributed by atoms with Crippen molar-refractivity contribution < 1.29 is 9.53 Å². The lowest BCUT2D eigenvalue weighted by molar-refractivity contribution is -0.112. The van der Waals surface area contributed by atoms with Crippen LogP contribution in [0.1, 0.15) is 25.7 Å². The zero-order valence-corrected chi connectivity index (χ0v) is 8.65. The van der Waals surface area contributed by atoms with Gasteiger partial charge in [-0.2, -0.15) is 0 Å². The molecule has 0 N–H and O–H groups in total. The molecule has 0 bridgehead atoms. The van der Waals surface area contributed by atoms with E-state index in [0.29, 0.717) is 5.92 Å². The van der Waals surface area contributed by atoms with E-state index in [1.807, 2.05) is 0 Å². The summed E-state index contributed by atoms with van der Waals surface area (Å²) in [7, 11) is 0. The highest BCUT2D eigenvalue weighted by Gasteiger charge is 2.26. The lowest BCUT2D eigenvalue weighted by atomic mass is 9.86. The molecule has 0 aromatic carbocycles. The number of ether oxygens (including phenoxy) is 1. The quantitative estimate of drug-likeness (QED) is 0.620. The van der Waals surface area contributed by atoms with Gasteiger partial charge in [-0.25, -0.2) is 0 Å². The lowest BCUT2D eigenvalue weighted by Gasteiger charge is -2.37. The summed E-state index contributed by atoms with van der Waals surface area (Å²) in [4.78, 5) is 13.1. The van der Waals surface area contributed by atoms with Crippen molar-refractivity contribution in [2.24, 2.45) is 5.92 Å². The predicted molar refractivity (Wildman–Crippen MR) is 54.2 cm³/mol. The molecule has 1 heterocycles. The van der Waals surface area contributed by atoms with Crippen LogP contribution in [0.4, 0.5) is 0 Å². The standard InChI is InChI=1S/C11H19NO2/c13-9-10-1-3-11(4-2-10)12-5-7-14-8-6-12/h9-11H,1-8H2. The van der Waals surface area contributed by atoms with Crippen LogP contribution in [-0.2, 0) is 9.53 Å². The third kappa shape index (κ3) is 2.34. The first kappa shape index (κ1) is 10.1. The van der Waals surface area contributed by atoms with Crippen LogP contribution in [0.15, 0.2) is 0 Å². The van der Waals surface area contributed by atoms with Crippen LogP contribution in [0.25, 0.3) is 0 Å². The van der Waals surface area contributed by atoms with E-state index < -0.39 is 0 Å². The maximum absolute atomic E-state index is 10.6. The largest absolute Gasteiger partial charge is 0.379 e. The Bertz CT molecular complexity index is 182. The van der Waals surface area contributed by atoms with Gasteiger partial charge < -0.3 is 9.53 Å². The minimum Gasteiger partial charge on any atom is -0.379 e. The highest BCUT2D eigenvalue weighted by Crippen LogP contribution is 2.26. The maximum Gasteiger partial charge on any atom is 0.123 e. The molecule has 0 atom stereocenters. The van der Waals surface area contributed by atoms with Gasteiger partial charge in [-0.15, -0.1) is 0 Å². The number of nitrogens with zero attached hydrogens (tertiary/aromatic N) is 1. The molecule has 14 heavy (non-hydrogen) atoms. The lowest BCUT2D eigenvalue weighted by Crippen LogP contribution is -2.45. The molecule has 0 amide bonds. The van der Waals surface area contributed by atoms with Gasteiger partial charge in [0.15, 0.2) is 0 Å². The van der Waals surface area contributed by atoms with Gasteiger partial charge in [-0.3, -0.25) is 4.90 Å². The van der Waals surface area contributed by atoms with Crippen molar-refractivity contribution in [2.75, 3.05) is 26.3 Å². The molecule has 1 aliphatic heterocycles. The molecule has 2 aliphatic rings. The molecule has 3 nitrogen and oxygen atoms in total. The van der Waals surface area contributed by atoms with Crippen LogP contribution < -0.4 is 0 Å². The number of aldehydes is 1. The third-order valence-electron chi connectivity index (χ3n) is 3.50. The second kappa shape index (κ2) is 4.89. The summed E-state index contributed by atoms with van der Waals surface area (Å²) in [5.41, 5.74) is 0. The summed E-state index contributed by atoms with van der Waals surface area (Å²) in [5, 5.41) is 0. The Morgan fingerprint density at radius 1 is 1.07 bits per heavy atom. The van der Waals surface area contributed by atoms with Crippen LogP contribution >= 0.6 is 0 Å². The molecule has 2 rings (SSSR count). The summed E-state index contributed by atoms with van der Waals surface area (Å²) in [6, 6.07) is 0.718. The smallest absolute Gasteiger partial charge is 0.123 e. The summed E-state index contributed by atoms with van der Waals surface area (Å²) in [6.07, 6.45) is 5.71. The van der Waals surface area contributed by atoms with Gasteiger partial charge in [-0.05, 0) is 25.7 Å². The predicted octanol–water partition coefficient (Wildman–Crippen LogP) is 1.08. The van der Waals surface area contributed by atoms with E-state index in [1.54, 1.807) is 0 Å². The van der Waals surface area contributed by atoms with Crippen LogP contribution in [-0.4, -0.2) is 43.5 Å². The number of morpholine rings is 1. The Morgan fingerprint density at radius 2 is 1.71 bits per heavy atom. The second-order valence-electron chi connectivity index (χ2n) is 4.35. The Kier molecular flexibility index (Phi) is 3.54. The molecule has 1 saturated carbocycles. The number of hydrogen-bond donors (Lipinski definition) is 0. The number of rotatable bonds is 2. The Labute approximate surface area is 85.4 Å². The van der Waals surface area contributed by atoms with Crippen molar-refractivity contribution in [3.8, 4) is 0 Å². The van der Waals surface area contributed by atoms with E-state index in [1.165, 1.54) is 12.8 Å². The van der Waals surface area contributed by atoms with Gasteiger partial charge in [0, 0.05) is 25.0 Å². The first-order valence-corrected chi connectivity index (χ1v) is 5.67. The number of hydrogen-bond acceptors (Lipinski definition) is 3. The first-order chi connectivity index (χ1) is 6.90. The van der Waals surface area contributed by atoms with Crippen molar-refractivity contribution in [3.63, 3.8) is 0 Å². The Balaban J connectivity index is 1.78. The molecule has 1 aliphatic carbocycles. The van der Waals surface area contributed by atoms with Crippen molar-refractivity contribution >= 4 is 6.29 Å².